The molecule has 0 unspecified atom stereocenters. The Kier molecular flexibility index (Phi) is 7.13. The average molecular weight is 230 g/mol. The summed E-state index contributed by atoms with van der Waals surface area (Å²) in [5, 5.41) is 6.07. The van der Waals surface area contributed by atoms with Crippen LogP contribution in [0.1, 0.15) is 47.5 Å². The molecule has 0 aromatic rings. The highest BCUT2D eigenvalue weighted by molar-refractivity contribution is 5.68. The number of unbranched alkanes of at least 4 members (excludes halogenated alkanes) is 1. The monoisotopic (exact) mass is 230 g/mol. The van der Waals surface area contributed by atoms with E-state index in [2.05, 4.69) is 17.6 Å². The maximum absolute atomic E-state index is 11.4. The second kappa shape index (κ2) is 7.49. The lowest BCUT2D eigenvalue weighted by atomic mass is 10.2. The van der Waals surface area contributed by atoms with E-state index in [1.807, 2.05) is 27.7 Å². The Morgan fingerprint density at radius 3 is 2.50 bits per heavy atom. The van der Waals surface area contributed by atoms with Gasteiger partial charge in [0.1, 0.15) is 5.60 Å². The third kappa shape index (κ3) is 9.77. The molecule has 0 heterocycles. The highest BCUT2D eigenvalue weighted by Crippen LogP contribution is 2.06. The van der Waals surface area contributed by atoms with Gasteiger partial charge in [0.2, 0.25) is 0 Å². The highest BCUT2D eigenvalue weighted by Gasteiger charge is 2.17. The zero-order valence-corrected chi connectivity index (χ0v) is 11.2. The predicted molar refractivity (Wildman–Crippen MR) is 66.6 cm³/mol. The van der Waals surface area contributed by atoms with E-state index in [0.29, 0.717) is 0 Å². The van der Waals surface area contributed by atoms with Crippen molar-refractivity contribution < 1.29 is 9.53 Å². The van der Waals surface area contributed by atoms with Crippen LogP contribution in [-0.4, -0.2) is 30.8 Å². The molecule has 0 aliphatic rings. The number of ether oxygens (including phenoxy) is 1. The molecule has 0 bridgehead atoms. The largest absolute Gasteiger partial charge is 0.444 e. The van der Waals surface area contributed by atoms with E-state index < -0.39 is 5.60 Å². The summed E-state index contributed by atoms with van der Waals surface area (Å²) >= 11 is 0. The summed E-state index contributed by atoms with van der Waals surface area (Å²) in [4.78, 5) is 11.4. The molecule has 0 aliphatic carbocycles. The fraction of sp³-hybridized carbons (Fsp3) is 0.917. The van der Waals surface area contributed by atoms with Crippen molar-refractivity contribution in [2.24, 2.45) is 0 Å². The molecule has 0 saturated carbocycles. The van der Waals surface area contributed by atoms with Crippen molar-refractivity contribution in [2.75, 3.05) is 13.1 Å². The van der Waals surface area contributed by atoms with Crippen LogP contribution in [0.15, 0.2) is 0 Å². The van der Waals surface area contributed by atoms with Gasteiger partial charge in [-0.2, -0.15) is 0 Å². The van der Waals surface area contributed by atoms with E-state index in [0.717, 1.165) is 13.1 Å². The summed E-state index contributed by atoms with van der Waals surface area (Å²) in [5.41, 5.74) is -0.431. The normalized spacial score (nSPS) is 13.3. The summed E-state index contributed by atoms with van der Waals surface area (Å²) in [6.45, 7) is 11.5. The van der Waals surface area contributed by atoms with E-state index in [9.17, 15) is 4.79 Å². The molecule has 1 amide bonds. The maximum atomic E-state index is 11.4. The lowest BCUT2D eigenvalue weighted by Crippen LogP contribution is -2.42. The van der Waals surface area contributed by atoms with Crippen LogP contribution in [0.2, 0.25) is 0 Å². The number of rotatable bonds is 6. The quantitative estimate of drug-likeness (QED) is 0.688. The van der Waals surface area contributed by atoms with Crippen molar-refractivity contribution >= 4 is 6.09 Å². The van der Waals surface area contributed by atoms with E-state index in [1.165, 1.54) is 12.8 Å². The first-order valence-corrected chi connectivity index (χ1v) is 6.05. The van der Waals surface area contributed by atoms with Gasteiger partial charge in [0.15, 0.2) is 0 Å². The van der Waals surface area contributed by atoms with Crippen LogP contribution in [0, 0.1) is 0 Å². The minimum Gasteiger partial charge on any atom is -0.444 e. The van der Waals surface area contributed by atoms with Crippen molar-refractivity contribution in [3.8, 4) is 0 Å². The first-order valence-electron chi connectivity index (χ1n) is 6.05. The molecule has 1 atom stereocenters. The molecule has 0 aliphatic heterocycles. The molecule has 0 rings (SSSR count). The maximum Gasteiger partial charge on any atom is 0.407 e. The van der Waals surface area contributed by atoms with Crippen LogP contribution in [-0.2, 0) is 4.74 Å². The standard InChI is InChI=1S/C12H26N2O2/c1-6-7-8-13-9-10(2)14-11(15)16-12(3,4)5/h10,13H,6-9H2,1-5H3,(H,14,15)/t10-/m1/s1. The smallest absolute Gasteiger partial charge is 0.407 e. The average Bonchev–Trinajstić information content (AvgIpc) is 2.09. The highest BCUT2D eigenvalue weighted by atomic mass is 16.6. The van der Waals surface area contributed by atoms with Crippen LogP contribution in [0.4, 0.5) is 4.79 Å². The lowest BCUT2D eigenvalue weighted by Gasteiger charge is -2.22. The summed E-state index contributed by atoms with van der Waals surface area (Å²) in [6, 6.07) is 0.0895. The first-order chi connectivity index (χ1) is 7.35. The Bertz CT molecular complexity index is 200. The van der Waals surface area contributed by atoms with Gasteiger partial charge in [-0.15, -0.1) is 0 Å². The molecule has 0 spiro atoms. The molecule has 0 saturated heterocycles. The number of alkyl carbamates (subject to hydrolysis) is 1. The van der Waals surface area contributed by atoms with E-state index in [1.54, 1.807) is 0 Å². The number of carbonyl (C=O) groups is 1. The molecule has 0 fully saturated rings. The van der Waals surface area contributed by atoms with Crippen molar-refractivity contribution in [1.82, 2.24) is 10.6 Å². The second-order valence-electron chi connectivity index (χ2n) is 5.10. The zero-order chi connectivity index (χ0) is 12.6. The molecule has 4 heteroatoms. The van der Waals surface area contributed by atoms with Crippen molar-refractivity contribution in [2.45, 2.75) is 59.1 Å². The van der Waals surface area contributed by atoms with E-state index >= 15 is 0 Å². The van der Waals surface area contributed by atoms with Crippen LogP contribution < -0.4 is 10.6 Å². The predicted octanol–water partition coefficient (Wildman–Crippen LogP) is 2.29. The Balaban J connectivity index is 3.62. The molecular weight excluding hydrogens is 204 g/mol. The Morgan fingerprint density at radius 1 is 1.38 bits per heavy atom. The van der Waals surface area contributed by atoms with Crippen molar-refractivity contribution in [1.29, 1.82) is 0 Å². The van der Waals surface area contributed by atoms with Crippen molar-refractivity contribution in [3.63, 3.8) is 0 Å². The van der Waals surface area contributed by atoms with E-state index in [4.69, 9.17) is 4.74 Å². The Morgan fingerprint density at radius 2 is 2.00 bits per heavy atom. The Hall–Kier alpha value is -0.770. The van der Waals surface area contributed by atoms with Gasteiger partial charge in [-0.1, -0.05) is 13.3 Å². The topological polar surface area (TPSA) is 50.4 Å². The van der Waals surface area contributed by atoms with Crippen LogP contribution in [0.5, 0.6) is 0 Å². The summed E-state index contributed by atoms with van der Waals surface area (Å²) in [7, 11) is 0. The van der Waals surface area contributed by atoms with Crippen LogP contribution >= 0.6 is 0 Å². The van der Waals surface area contributed by atoms with Gasteiger partial charge in [0.05, 0.1) is 0 Å². The lowest BCUT2D eigenvalue weighted by molar-refractivity contribution is 0.0508. The van der Waals surface area contributed by atoms with E-state index in [-0.39, 0.29) is 12.1 Å². The molecule has 96 valence electrons. The van der Waals surface area contributed by atoms with Crippen molar-refractivity contribution in [3.05, 3.63) is 0 Å². The van der Waals surface area contributed by atoms with Gasteiger partial charge in [0.25, 0.3) is 0 Å². The van der Waals surface area contributed by atoms with Gasteiger partial charge in [0, 0.05) is 12.6 Å². The minimum atomic E-state index is -0.431. The molecule has 0 radical (unpaired) electrons. The van der Waals surface area contributed by atoms with Gasteiger partial charge in [-0.3, -0.25) is 0 Å². The summed E-state index contributed by atoms with van der Waals surface area (Å²) < 4.78 is 5.16. The van der Waals surface area contributed by atoms with Crippen LogP contribution in [0.3, 0.4) is 0 Å². The SMILES string of the molecule is CCCCNC[C@@H](C)NC(=O)OC(C)(C)C. The third-order valence-electron chi connectivity index (χ3n) is 1.92. The number of hydrogen-bond acceptors (Lipinski definition) is 3. The fourth-order valence-corrected chi connectivity index (χ4v) is 1.18. The number of carbonyl (C=O) groups excluding carboxylic acids is 1. The summed E-state index contributed by atoms with van der Waals surface area (Å²) in [6.07, 6.45) is 2.00. The molecular formula is C12H26N2O2. The zero-order valence-electron chi connectivity index (χ0n) is 11.2. The number of amides is 1. The molecule has 2 N–H and O–H groups in total. The fourth-order valence-electron chi connectivity index (χ4n) is 1.18. The van der Waals surface area contributed by atoms with Gasteiger partial charge < -0.3 is 15.4 Å². The molecule has 0 aromatic carbocycles. The third-order valence-corrected chi connectivity index (χ3v) is 1.92. The second-order valence-corrected chi connectivity index (χ2v) is 5.10. The number of hydrogen-bond donors (Lipinski definition) is 2. The van der Waals surface area contributed by atoms with Crippen LogP contribution in [0.25, 0.3) is 0 Å². The summed E-state index contributed by atoms with van der Waals surface area (Å²) in [5.74, 6) is 0. The van der Waals surface area contributed by atoms with Gasteiger partial charge in [-0.05, 0) is 40.7 Å². The minimum absolute atomic E-state index is 0.0895. The first kappa shape index (κ1) is 15.2. The number of nitrogens with one attached hydrogen (secondary N) is 2. The molecule has 4 nitrogen and oxygen atoms in total. The van der Waals surface area contributed by atoms with Gasteiger partial charge in [-0.25, -0.2) is 4.79 Å². The van der Waals surface area contributed by atoms with Gasteiger partial charge >= 0.3 is 6.09 Å². The Labute approximate surface area is 99.1 Å². The molecule has 16 heavy (non-hydrogen) atoms. The molecule has 0 aromatic heterocycles.